The van der Waals surface area contributed by atoms with Gasteiger partial charge in [0.2, 0.25) is 0 Å². The lowest BCUT2D eigenvalue weighted by Crippen LogP contribution is -2.48. The van der Waals surface area contributed by atoms with Crippen LogP contribution in [0.2, 0.25) is 0 Å². The fourth-order valence-electron chi connectivity index (χ4n) is 2.03. The summed E-state index contributed by atoms with van der Waals surface area (Å²) >= 11 is 0. The lowest BCUT2D eigenvalue weighted by Gasteiger charge is -2.33. The quantitative estimate of drug-likeness (QED) is 0.610. The predicted octanol–water partition coefficient (Wildman–Crippen LogP) is 1.18. The summed E-state index contributed by atoms with van der Waals surface area (Å²) in [5.41, 5.74) is 0.819. The number of carbonyl (C=O) groups excluding carboxylic acids is 3. The van der Waals surface area contributed by atoms with Crippen molar-refractivity contribution in [2.24, 2.45) is 0 Å². The lowest BCUT2D eigenvalue weighted by molar-refractivity contribution is -0.140. The Morgan fingerprint density at radius 1 is 1.50 bits per heavy atom. The molecule has 1 aromatic rings. The van der Waals surface area contributed by atoms with E-state index in [2.05, 4.69) is 4.74 Å². The van der Waals surface area contributed by atoms with Crippen LogP contribution >= 0.6 is 0 Å². The van der Waals surface area contributed by atoms with E-state index in [9.17, 15) is 14.4 Å². The number of ether oxygens (including phenoxy) is 2. The Kier molecular flexibility index (Phi) is 4.02. The maximum absolute atomic E-state index is 12.3. The predicted molar refractivity (Wildman–Crippen MR) is 70.9 cm³/mol. The molecule has 6 nitrogen and oxygen atoms in total. The smallest absolute Gasteiger partial charge is 0.325 e. The molecule has 1 amide bonds. The van der Waals surface area contributed by atoms with Crippen LogP contribution in [0.1, 0.15) is 23.7 Å². The van der Waals surface area contributed by atoms with E-state index in [1.165, 1.54) is 18.1 Å². The van der Waals surface area contributed by atoms with Crippen molar-refractivity contribution in [2.75, 3.05) is 18.6 Å². The zero-order chi connectivity index (χ0) is 14.7. The molecular weight excluding hydrogens is 262 g/mol. The number of rotatable bonds is 4. The minimum Gasteiger partial charge on any atom is -0.478 e. The molecule has 1 aliphatic heterocycles. The molecule has 0 aromatic heterocycles. The molecule has 1 heterocycles. The average molecular weight is 277 g/mol. The molecule has 1 atom stereocenters. The second-order valence-electron chi connectivity index (χ2n) is 4.36. The van der Waals surface area contributed by atoms with Crippen LogP contribution in [0, 0.1) is 0 Å². The van der Waals surface area contributed by atoms with E-state index >= 15 is 0 Å². The number of fused-ring (bicyclic) bond motifs is 1. The second-order valence-corrected chi connectivity index (χ2v) is 4.36. The highest BCUT2D eigenvalue weighted by Crippen LogP contribution is 2.35. The summed E-state index contributed by atoms with van der Waals surface area (Å²) in [4.78, 5) is 35.9. The van der Waals surface area contributed by atoms with Gasteiger partial charge in [0.15, 0.2) is 6.10 Å². The highest BCUT2D eigenvalue weighted by Gasteiger charge is 2.34. The summed E-state index contributed by atoms with van der Waals surface area (Å²) in [6.07, 6.45) is 0.535. The van der Waals surface area contributed by atoms with Gasteiger partial charge in [-0.3, -0.25) is 19.3 Å². The summed E-state index contributed by atoms with van der Waals surface area (Å²) < 4.78 is 10.2. The Bertz CT molecular complexity index is 554. The first kappa shape index (κ1) is 14.0. The topological polar surface area (TPSA) is 72.9 Å². The van der Waals surface area contributed by atoms with Crippen molar-refractivity contribution in [2.45, 2.75) is 19.4 Å². The first-order chi connectivity index (χ1) is 9.60. The van der Waals surface area contributed by atoms with Gasteiger partial charge in [0.1, 0.15) is 18.6 Å². The lowest BCUT2D eigenvalue weighted by atomic mass is 10.1. The number of aldehydes is 1. The molecule has 0 fully saturated rings. The Labute approximate surface area is 116 Å². The van der Waals surface area contributed by atoms with Crippen molar-refractivity contribution < 1.29 is 23.9 Å². The van der Waals surface area contributed by atoms with Crippen molar-refractivity contribution in [3.8, 4) is 5.75 Å². The van der Waals surface area contributed by atoms with Crippen LogP contribution in [-0.2, 0) is 14.3 Å². The molecule has 0 saturated carbocycles. The summed E-state index contributed by atoms with van der Waals surface area (Å²) in [5.74, 6) is -0.364. The number of esters is 1. The van der Waals surface area contributed by atoms with Gasteiger partial charge in [-0.1, -0.05) is 6.92 Å². The average Bonchev–Trinajstić information content (AvgIpc) is 2.48. The number of hydrogen-bond acceptors (Lipinski definition) is 5. The van der Waals surface area contributed by atoms with Gasteiger partial charge in [-0.05, 0) is 24.6 Å². The van der Waals surface area contributed by atoms with Crippen molar-refractivity contribution in [3.63, 3.8) is 0 Å². The normalized spacial score (nSPS) is 17.2. The highest BCUT2D eigenvalue weighted by atomic mass is 16.5. The summed E-state index contributed by atoms with van der Waals surface area (Å²) in [5, 5.41) is 0. The number of benzene rings is 1. The molecule has 20 heavy (non-hydrogen) atoms. The van der Waals surface area contributed by atoms with Crippen molar-refractivity contribution in [3.05, 3.63) is 23.8 Å². The largest absolute Gasteiger partial charge is 0.478 e. The molecule has 106 valence electrons. The van der Waals surface area contributed by atoms with Crippen molar-refractivity contribution >= 4 is 23.9 Å². The van der Waals surface area contributed by atoms with Crippen LogP contribution in [0.25, 0.3) is 0 Å². The van der Waals surface area contributed by atoms with Crippen LogP contribution in [0.4, 0.5) is 5.69 Å². The molecule has 6 heteroatoms. The molecule has 0 saturated heterocycles. The number of amides is 1. The summed E-state index contributed by atoms with van der Waals surface area (Å²) in [6, 6.07) is 4.75. The number of anilines is 1. The van der Waals surface area contributed by atoms with E-state index < -0.39 is 12.1 Å². The molecule has 0 aliphatic carbocycles. The summed E-state index contributed by atoms with van der Waals surface area (Å²) in [7, 11) is 1.26. The fraction of sp³-hybridized carbons (Fsp3) is 0.357. The molecule has 1 unspecified atom stereocenters. The highest BCUT2D eigenvalue weighted by molar-refractivity contribution is 6.03. The zero-order valence-corrected chi connectivity index (χ0v) is 11.3. The molecule has 1 aromatic carbocycles. The maximum atomic E-state index is 12.3. The molecule has 0 radical (unpaired) electrons. The SMILES string of the molecule is CCC1Oc2ccc(C=O)cc2N(CC(=O)OC)C1=O. The van der Waals surface area contributed by atoms with Crippen molar-refractivity contribution in [1.29, 1.82) is 0 Å². The maximum Gasteiger partial charge on any atom is 0.325 e. The van der Waals surface area contributed by atoms with Gasteiger partial charge in [0.25, 0.3) is 5.91 Å². The Balaban J connectivity index is 2.44. The molecule has 0 bridgehead atoms. The first-order valence-electron chi connectivity index (χ1n) is 6.24. The van der Waals surface area contributed by atoms with Crippen molar-refractivity contribution in [1.82, 2.24) is 0 Å². The minimum atomic E-state index is -0.630. The van der Waals surface area contributed by atoms with Crippen LogP contribution in [0.5, 0.6) is 5.75 Å². The monoisotopic (exact) mass is 277 g/mol. The number of nitrogens with zero attached hydrogens (tertiary/aromatic N) is 1. The number of methoxy groups -OCH3 is 1. The minimum absolute atomic E-state index is 0.204. The van der Waals surface area contributed by atoms with Gasteiger partial charge in [0, 0.05) is 5.56 Å². The molecule has 2 rings (SSSR count). The fourth-order valence-corrected chi connectivity index (χ4v) is 2.03. The van der Waals surface area contributed by atoms with E-state index in [1.54, 1.807) is 12.1 Å². The van der Waals surface area contributed by atoms with E-state index in [1.807, 2.05) is 6.92 Å². The van der Waals surface area contributed by atoms with E-state index in [0.29, 0.717) is 29.7 Å². The third kappa shape index (κ3) is 2.49. The first-order valence-corrected chi connectivity index (χ1v) is 6.24. The van der Waals surface area contributed by atoms with Gasteiger partial charge in [-0.25, -0.2) is 0 Å². The Morgan fingerprint density at radius 2 is 2.25 bits per heavy atom. The van der Waals surface area contributed by atoms with Gasteiger partial charge in [-0.15, -0.1) is 0 Å². The van der Waals surface area contributed by atoms with Crippen LogP contribution in [0.15, 0.2) is 18.2 Å². The standard InChI is InChI=1S/C14H15NO5/c1-3-11-14(18)15(7-13(17)19-2)10-6-9(8-16)4-5-12(10)20-11/h4-6,8,11H,3,7H2,1-2H3. The van der Waals surface area contributed by atoms with Gasteiger partial charge in [-0.2, -0.15) is 0 Å². The van der Waals surface area contributed by atoms with Crippen LogP contribution in [0.3, 0.4) is 0 Å². The zero-order valence-electron chi connectivity index (χ0n) is 11.3. The Morgan fingerprint density at radius 3 is 2.85 bits per heavy atom. The number of hydrogen-bond donors (Lipinski definition) is 0. The second kappa shape index (κ2) is 5.73. The third-order valence-electron chi connectivity index (χ3n) is 3.11. The van der Waals surface area contributed by atoms with E-state index in [4.69, 9.17) is 4.74 Å². The van der Waals surface area contributed by atoms with E-state index in [0.717, 1.165) is 0 Å². The molecule has 0 spiro atoms. The van der Waals surface area contributed by atoms with Gasteiger partial charge < -0.3 is 9.47 Å². The molecule has 0 N–H and O–H groups in total. The molecule has 1 aliphatic rings. The third-order valence-corrected chi connectivity index (χ3v) is 3.11. The van der Waals surface area contributed by atoms with Gasteiger partial charge in [0.05, 0.1) is 12.8 Å². The summed E-state index contributed by atoms with van der Waals surface area (Å²) in [6.45, 7) is 1.62. The van der Waals surface area contributed by atoms with Crippen LogP contribution in [-0.4, -0.2) is 37.9 Å². The van der Waals surface area contributed by atoms with Crippen LogP contribution < -0.4 is 9.64 Å². The molecular formula is C14H15NO5. The number of carbonyl (C=O) groups is 3. The van der Waals surface area contributed by atoms with Gasteiger partial charge >= 0.3 is 5.97 Å². The Hall–Kier alpha value is -2.37. The van der Waals surface area contributed by atoms with E-state index in [-0.39, 0.29) is 12.5 Å².